The summed E-state index contributed by atoms with van der Waals surface area (Å²) in [7, 11) is 0. The Morgan fingerprint density at radius 3 is 2.55 bits per heavy atom. The first-order chi connectivity index (χ1) is 18.4. The third-order valence-corrected chi connectivity index (χ3v) is 7.25. The van der Waals surface area contributed by atoms with Gasteiger partial charge in [0.05, 0.1) is 5.52 Å². The molecular weight excluding hydrogens is 474 g/mol. The van der Waals surface area contributed by atoms with Crippen molar-refractivity contribution in [2.75, 3.05) is 11.4 Å². The lowest BCUT2D eigenvalue weighted by atomic mass is 10.00. The number of anilines is 1. The number of aryl methyl sites for hydroxylation is 3. The van der Waals surface area contributed by atoms with Crippen molar-refractivity contribution in [1.29, 1.82) is 0 Å². The predicted molar refractivity (Wildman–Crippen MR) is 150 cm³/mol. The number of hydrogen-bond donors (Lipinski definition) is 1. The number of carbonyl (C=O) groups is 2. The highest BCUT2D eigenvalue weighted by Crippen LogP contribution is 2.33. The van der Waals surface area contributed by atoms with E-state index in [0.29, 0.717) is 12.5 Å². The zero-order valence-electron chi connectivity index (χ0n) is 22.4. The Kier molecular flexibility index (Phi) is 7.54. The number of nitrogens with one attached hydrogen (secondary N) is 1. The summed E-state index contributed by atoms with van der Waals surface area (Å²) in [6.07, 6.45) is 4.00. The lowest BCUT2D eigenvalue weighted by Gasteiger charge is -2.32. The average Bonchev–Trinajstić information content (AvgIpc) is 3.54. The van der Waals surface area contributed by atoms with Crippen LogP contribution in [-0.4, -0.2) is 33.4 Å². The molecule has 4 aromatic rings. The highest BCUT2D eigenvalue weighted by atomic mass is 16.2. The van der Waals surface area contributed by atoms with E-state index in [2.05, 4.69) is 41.6 Å². The minimum Gasteiger partial charge on any atom is -0.354 e. The Hall–Kier alpha value is -4.00. The van der Waals surface area contributed by atoms with Crippen molar-refractivity contribution in [2.45, 2.75) is 59.0 Å². The fraction of sp³-hybridized carbons (Fsp3) is 0.355. The zero-order valence-corrected chi connectivity index (χ0v) is 22.4. The SMILES string of the molecule is Cc1ccc([C@H](C(=O)NCCC(C)C)N(C(=O)Cn2nnc3ccccc32)c2ccc3c(c2)CCC3)cc1. The number of benzene rings is 3. The van der Waals surface area contributed by atoms with E-state index >= 15 is 0 Å². The first-order valence-corrected chi connectivity index (χ1v) is 13.5. The fourth-order valence-electron chi connectivity index (χ4n) is 5.13. The summed E-state index contributed by atoms with van der Waals surface area (Å²) in [6, 6.07) is 20.8. The third kappa shape index (κ3) is 5.47. The summed E-state index contributed by atoms with van der Waals surface area (Å²) in [5.74, 6) is 0.0538. The second-order valence-electron chi connectivity index (χ2n) is 10.6. The van der Waals surface area contributed by atoms with E-state index in [1.165, 1.54) is 11.1 Å². The molecule has 0 fully saturated rings. The first-order valence-electron chi connectivity index (χ1n) is 13.5. The van der Waals surface area contributed by atoms with Gasteiger partial charge in [0.15, 0.2) is 0 Å². The van der Waals surface area contributed by atoms with E-state index < -0.39 is 6.04 Å². The molecule has 0 bridgehead atoms. The predicted octanol–water partition coefficient (Wildman–Crippen LogP) is 5.17. The average molecular weight is 510 g/mol. The molecule has 2 amide bonds. The van der Waals surface area contributed by atoms with Gasteiger partial charge in [0.1, 0.15) is 18.1 Å². The molecule has 1 aliphatic carbocycles. The van der Waals surface area contributed by atoms with E-state index in [-0.39, 0.29) is 18.4 Å². The zero-order chi connectivity index (χ0) is 26.6. The first kappa shape index (κ1) is 25.6. The number of aromatic nitrogens is 3. The van der Waals surface area contributed by atoms with Crippen LogP contribution < -0.4 is 10.2 Å². The van der Waals surface area contributed by atoms with Gasteiger partial charge in [0, 0.05) is 12.2 Å². The maximum absolute atomic E-state index is 14.2. The minimum absolute atomic E-state index is 0.0285. The topological polar surface area (TPSA) is 80.1 Å². The summed E-state index contributed by atoms with van der Waals surface area (Å²) in [6.45, 7) is 6.80. The van der Waals surface area contributed by atoms with Crippen LogP contribution in [0.4, 0.5) is 5.69 Å². The van der Waals surface area contributed by atoms with Gasteiger partial charge in [-0.15, -0.1) is 5.10 Å². The van der Waals surface area contributed by atoms with E-state index in [1.54, 1.807) is 9.58 Å². The number of hydrogen-bond acceptors (Lipinski definition) is 4. The van der Waals surface area contributed by atoms with Gasteiger partial charge in [-0.2, -0.15) is 0 Å². The highest BCUT2D eigenvalue weighted by molar-refractivity contribution is 6.01. The molecule has 0 unspecified atom stereocenters. The van der Waals surface area contributed by atoms with Crippen LogP contribution in [0.2, 0.25) is 0 Å². The van der Waals surface area contributed by atoms with Crippen LogP contribution in [0.25, 0.3) is 11.0 Å². The molecule has 1 N–H and O–H groups in total. The minimum atomic E-state index is -0.815. The van der Waals surface area contributed by atoms with E-state index in [1.807, 2.05) is 61.5 Å². The summed E-state index contributed by atoms with van der Waals surface area (Å²) < 4.78 is 1.61. The fourth-order valence-corrected chi connectivity index (χ4v) is 5.13. The van der Waals surface area contributed by atoms with Crippen LogP contribution in [-0.2, 0) is 29.0 Å². The normalized spacial score (nSPS) is 13.5. The van der Waals surface area contributed by atoms with Crippen molar-refractivity contribution in [3.63, 3.8) is 0 Å². The molecule has 0 aliphatic heterocycles. The molecule has 7 nitrogen and oxygen atoms in total. The Balaban J connectivity index is 1.57. The lowest BCUT2D eigenvalue weighted by Crippen LogP contribution is -2.45. The third-order valence-electron chi connectivity index (χ3n) is 7.25. The maximum atomic E-state index is 14.2. The van der Waals surface area contributed by atoms with E-state index in [4.69, 9.17) is 0 Å². The molecule has 1 aliphatic rings. The van der Waals surface area contributed by atoms with Crippen molar-refractivity contribution in [1.82, 2.24) is 20.3 Å². The maximum Gasteiger partial charge on any atom is 0.249 e. The summed E-state index contributed by atoms with van der Waals surface area (Å²) >= 11 is 0. The second-order valence-corrected chi connectivity index (χ2v) is 10.6. The van der Waals surface area contributed by atoms with Gasteiger partial charge < -0.3 is 5.32 Å². The summed E-state index contributed by atoms with van der Waals surface area (Å²) in [5, 5.41) is 11.6. The lowest BCUT2D eigenvalue weighted by molar-refractivity contribution is -0.127. The van der Waals surface area contributed by atoms with Crippen LogP contribution >= 0.6 is 0 Å². The Morgan fingerprint density at radius 2 is 1.76 bits per heavy atom. The van der Waals surface area contributed by atoms with Crippen LogP contribution in [0.15, 0.2) is 66.7 Å². The number of carbonyl (C=O) groups excluding carboxylic acids is 2. The number of para-hydroxylation sites is 1. The van der Waals surface area contributed by atoms with Crippen LogP contribution in [0.5, 0.6) is 0 Å². The molecular formula is C31H35N5O2. The second kappa shape index (κ2) is 11.2. The molecule has 7 heteroatoms. The highest BCUT2D eigenvalue weighted by Gasteiger charge is 2.33. The van der Waals surface area contributed by atoms with Crippen LogP contribution in [0.3, 0.4) is 0 Å². The molecule has 5 rings (SSSR count). The van der Waals surface area contributed by atoms with E-state index in [0.717, 1.165) is 53.5 Å². The number of amides is 2. The van der Waals surface area contributed by atoms with E-state index in [9.17, 15) is 9.59 Å². The number of fused-ring (bicyclic) bond motifs is 2. The molecule has 196 valence electrons. The Morgan fingerprint density at radius 1 is 1.00 bits per heavy atom. The number of rotatable bonds is 9. The molecule has 1 atom stereocenters. The molecule has 1 heterocycles. The van der Waals surface area contributed by atoms with Crippen molar-refractivity contribution in [3.8, 4) is 0 Å². The standard InChI is InChI=1S/C31H35N5O2/c1-21(2)17-18-32-31(38)30(24-13-11-22(3)12-14-24)36(26-16-15-23-7-6-8-25(23)19-26)29(37)20-35-28-10-5-4-9-27(28)33-34-35/h4-5,9-16,19,21,30H,6-8,17-18,20H2,1-3H3,(H,32,38)/t30-/m1/s1. The molecule has 0 saturated carbocycles. The largest absolute Gasteiger partial charge is 0.354 e. The molecule has 3 aromatic carbocycles. The van der Waals surface area contributed by atoms with Crippen molar-refractivity contribution in [2.24, 2.45) is 5.92 Å². The van der Waals surface area contributed by atoms with Gasteiger partial charge in [-0.1, -0.05) is 67.1 Å². The smallest absolute Gasteiger partial charge is 0.249 e. The Labute approximate surface area is 223 Å². The number of nitrogens with zero attached hydrogens (tertiary/aromatic N) is 4. The molecule has 38 heavy (non-hydrogen) atoms. The molecule has 0 saturated heterocycles. The van der Waals surface area contributed by atoms with Gasteiger partial charge >= 0.3 is 0 Å². The van der Waals surface area contributed by atoms with Crippen molar-refractivity contribution in [3.05, 3.63) is 89.0 Å². The van der Waals surface area contributed by atoms with Gasteiger partial charge in [0.25, 0.3) is 0 Å². The molecule has 0 radical (unpaired) electrons. The van der Waals surface area contributed by atoms with Gasteiger partial charge in [-0.25, -0.2) is 4.68 Å². The molecule has 1 aromatic heterocycles. The van der Waals surface area contributed by atoms with Crippen LogP contribution in [0, 0.1) is 12.8 Å². The molecule has 0 spiro atoms. The van der Waals surface area contributed by atoms with Crippen molar-refractivity contribution >= 4 is 28.5 Å². The summed E-state index contributed by atoms with van der Waals surface area (Å²) in [4.78, 5) is 29.7. The van der Waals surface area contributed by atoms with Gasteiger partial charge in [0.2, 0.25) is 11.8 Å². The monoisotopic (exact) mass is 509 g/mol. The van der Waals surface area contributed by atoms with Gasteiger partial charge in [-0.05, 0) is 79.5 Å². The summed E-state index contributed by atoms with van der Waals surface area (Å²) in [5.41, 5.74) is 6.66. The van der Waals surface area contributed by atoms with Crippen molar-refractivity contribution < 1.29 is 9.59 Å². The van der Waals surface area contributed by atoms with Crippen LogP contribution in [0.1, 0.15) is 55.0 Å². The quantitative estimate of drug-likeness (QED) is 0.338. The Bertz CT molecular complexity index is 1440. The van der Waals surface area contributed by atoms with Gasteiger partial charge in [-0.3, -0.25) is 14.5 Å².